The summed E-state index contributed by atoms with van der Waals surface area (Å²) >= 11 is 0. The lowest BCUT2D eigenvalue weighted by molar-refractivity contribution is 0.501. The minimum Gasteiger partial charge on any atom is -0.310 e. The van der Waals surface area contributed by atoms with E-state index < -0.39 is 0 Å². The van der Waals surface area contributed by atoms with Crippen molar-refractivity contribution < 1.29 is 4.39 Å². The van der Waals surface area contributed by atoms with Crippen LogP contribution in [0.2, 0.25) is 0 Å². The minimum atomic E-state index is -0.108. The third-order valence-corrected chi connectivity index (χ3v) is 2.39. The second-order valence-electron chi connectivity index (χ2n) is 3.54. The predicted octanol–water partition coefficient (Wildman–Crippen LogP) is 3.19. The molecule has 0 fully saturated rings. The first kappa shape index (κ1) is 11.2. The molecule has 1 rings (SSSR count). The normalized spacial score (nSPS) is 12.9. The SMILES string of the molecule is CCNC(CC)c1cc(C)ccc1F. The first-order valence-electron chi connectivity index (χ1n) is 5.18. The third kappa shape index (κ3) is 2.55. The number of hydrogen-bond acceptors (Lipinski definition) is 1. The lowest BCUT2D eigenvalue weighted by Crippen LogP contribution is -2.21. The molecule has 0 aliphatic carbocycles. The summed E-state index contributed by atoms with van der Waals surface area (Å²) in [6, 6.07) is 5.41. The molecule has 0 aromatic heterocycles. The first-order valence-corrected chi connectivity index (χ1v) is 5.18. The predicted molar refractivity (Wildman–Crippen MR) is 57.8 cm³/mol. The molecule has 0 radical (unpaired) electrons. The van der Waals surface area contributed by atoms with Crippen LogP contribution in [-0.2, 0) is 0 Å². The molecule has 0 heterocycles. The van der Waals surface area contributed by atoms with Crippen LogP contribution in [0.1, 0.15) is 37.4 Å². The molecule has 0 spiro atoms. The molecule has 0 saturated carbocycles. The molecule has 0 bridgehead atoms. The fourth-order valence-electron chi connectivity index (χ4n) is 1.65. The molecule has 0 saturated heterocycles. The molecular formula is C12H18FN. The molecule has 1 atom stereocenters. The number of nitrogens with one attached hydrogen (secondary N) is 1. The van der Waals surface area contributed by atoms with Crippen LogP contribution in [0.4, 0.5) is 4.39 Å². The first-order chi connectivity index (χ1) is 6.69. The fraction of sp³-hybridized carbons (Fsp3) is 0.500. The van der Waals surface area contributed by atoms with Crippen LogP contribution in [0, 0.1) is 12.7 Å². The van der Waals surface area contributed by atoms with Gasteiger partial charge in [-0.05, 0) is 26.0 Å². The molecule has 1 aromatic carbocycles. The highest BCUT2D eigenvalue weighted by atomic mass is 19.1. The van der Waals surface area contributed by atoms with Gasteiger partial charge in [-0.1, -0.05) is 31.5 Å². The van der Waals surface area contributed by atoms with Gasteiger partial charge < -0.3 is 5.32 Å². The summed E-state index contributed by atoms with van der Waals surface area (Å²) in [4.78, 5) is 0. The number of rotatable bonds is 4. The Balaban J connectivity index is 2.96. The number of aryl methyl sites for hydroxylation is 1. The molecule has 1 nitrogen and oxygen atoms in total. The summed E-state index contributed by atoms with van der Waals surface area (Å²) in [7, 11) is 0. The summed E-state index contributed by atoms with van der Waals surface area (Å²) in [5, 5.41) is 3.28. The van der Waals surface area contributed by atoms with Gasteiger partial charge in [0.05, 0.1) is 0 Å². The number of halogens is 1. The van der Waals surface area contributed by atoms with Crippen LogP contribution < -0.4 is 5.32 Å². The summed E-state index contributed by atoms with van der Waals surface area (Å²) in [6.45, 7) is 6.96. The molecule has 1 unspecified atom stereocenters. The van der Waals surface area contributed by atoms with E-state index in [1.165, 1.54) is 0 Å². The van der Waals surface area contributed by atoms with Gasteiger partial charge in [-0.3, -0.25) is 0 Å². The maximum atomic E-state index is 13.5. The molecule has 1 aromatic rings. The van der Waals surface area contributed by atoms with Crippen molar-refractivity contribution in [1.82, 2.24) is 5.32 Å². The van der Waals surface area contributed by atoms with E-state index in [1.54, 1.807) is 12.1 Å². The van der Waals surface area contributed by atoms with Crippen molar-refractivity contribution >= 4 is 0 Å². The third-order valence-electron chi connectivity index (χ3n) is 2.39. The smallest absolute Gasteiger partial charge is 0.127 e. The Morgan fingerprint density at radius 2 is 2.07 bits per heavy atom. The second kappa shape index (κ2) is 5.11. The van der Waals surface area contributed by atoms with E-state index in [2.05, 4.69) is 12.2 Å². The maximum absolute atomic E-state index is 13.5. The molecule has 1 N–H and O–H groups in total. The molecule has 78 valence electrons. The van der Waals surface area contributed by atoms with E-state index in [9.17, 15) is 4.39 Å². The van der Waals surface area contributed by atoms with E-state index in [0.717, 1.165) is 24.1 Å². The van der Waals surface area contributed by atoms with Gasteiger partial charge in [-0.25, -0.2) is 4.39 Å². The van der Waals surface area contributed by atoms with Crippen LogP contribution in [0.15, 0.2) is 18.2 Å². The van der Waals surface area contributed by atoms with Gasteiger partial charge >= 0.3 is 0 Å². The van der Waals surface area contributed by atoms with E-state index in [-0.39, 0.29) is 11.9 Å². The van der Waals surface area contributed by atoms with E-state index in [1.807, 2.05) is 19.9 Å². The van der Waals surface area contributed by atoms with Crippen LogP contribution >= 0.6 is 0 Å². The summed E-state index contributed by atoms with van der Waals surface area (Å²) in [5.41, 5.74) is 1.90. The molecule has 14 heavy (non-hydrogen) atoms. The largest absolute Gasteiger partial charge is 0.310 e. The Kier molecular flexibility index (Phi) is 4.08. The van der Waals surface area contributed by atoms with E-state index in [4.69, 9.17) is 0 Å². The molecule has 2 heteroatoms. The van der Waals surface area contributed by atoms with Crippen molar-refractivity contribution in [2.45, 2.75) is 33.2 Å². The Labute approximate surface area is 85.3 Å². The minimum absolute atomic E-state index is 0.108. The second-order valence-corrected chi connectivity index (χ2v) is 3.54. The Morgan fingerprint density at radius 1 is 1.36 bits per heavy atom. The quantitative estimate of drug-likeness (QED) is 0.778. The van der Waals surface area contributed by atoms with Crippen molar-refractivity contribution in [3.8, 4) is 0 Å². The summed E-state index contributed by atoms with van der Waals surface area (Å²) < 4.78 is 13.5. The van der Waals surface area contributed by atoms with Gasteiger partial charge in [0.15, 0.2) is 0 Å². The summed E-state index contributed by atoms with van der Waals surface area (Å²) in [5.74, 6) is -0.108. The van der Waals surface area contributed by atoms with E-state index in [0.29, 0.717) is 0 Å². The van der Waals surface area contributed by atoms with Gasteiger partial charge in [-0.2, -0.15) is 0 Å². The van der Waals surface area contributed by atoms with Gasteiger partial charge in [0, 0.05) is 11.6 Å². The molecule has 0 aliphatic heterocycles. The van der Waals surface area contributed by atoms with Crippen LogP contribution in [0.25, 0.3) is 0 Å². The monoisotopic (exact) mass is 195 g/mol. The number of hydrogen-bond donors (Lipinski definition) is 1. The number of benzene rings is 1. The Hall–Kier alpha value is -0.890. The van der Waals surface area contributed by atoms with Crippen molar-refractivity contribution in [1.29, 1.82) is 0 Å². The zero-order valence-electron chi connectivity index (χ0n) is 9.10. The molecule has 0 amide bonds. The van der Waals surface area contributed by atoms with Crippen molar-refractivity contribution in [2.75, 3.05) is 6.54 Å². The van der Waals surface area contributed by atoms with Crippen LogP contribution in [0.3, 0.4) is 0 Å². The highest BCUT2D eigenvalue weighted by Crippen LogP contribution is 2.20. The van der Waals surface area contributed by atoms with Gasteiger partial charge in [0.25, 0.3) is 0 Å². The average Bonchev–Trinajstić information content (AvgIpc) is 2.18. The standard InChI is InChI=1S/C12H18FN/c1-4-12(14-5-2)10-8-9(3)6-7-11(10)13/h6-8,12,14H,4-5H2,1-3H3. The highest BCUT2D eigenvalue weighted by Gasteiger charge is 2.12. The summed E-state index contributed by atoms with van der Waals surface area (Å²) in [6.07, 6.45) is 0.911. The molecule has 0 aliphatic rings. The van der Waals surface area contributed by atoms with Crippen LogP contribution in [-0.4, -0.2) is 6.54 Å². The lowest BCUT2D eigenvalue weighted by atomic mass is 10.0. The van der Waals surface area contributed by atoms with Gasteiger partial charge in [0.2, 0.25) is 0 Å². The lowest BCUT2D eigenvalue weighted by Gasteiger charge is -2.17. The average molecular weight is 195 g/mol. The topological polar surface area (TPSA) is 12.0 Å². The zero-order valence-corrected chi connectivity index (χ0v) is 9.10. The zero-order chi connectivity index (χ0) is 10.6. The van der Waals surface area contributed by atoms with Crippen molar-refractivity contribution in [3.63, 3.8) is 0 Å². The Morgan fingerprint density at radius 3 is 2.64 bits per heavy atom. The highest BCUT2D eigenvalue weighted by molar-refractivity contribution is 5.26. The van der Waals surface area contributed by atoms with Crippen LogP contribution in [0.5, 0.6) is 0 Å². The van der Waals surface area contributed by atoms with Crippen molar-refractivity contribution in [2.24, 2.45) is 0 Å². The maximum Gasteiger partial charge on any atom is 0.127 e. The van der Waals surface area contributed by atoms with Crippen molar-refractivity contribution in [3.05, 3.63) is 35.1 Å². The van der Waals surface area contributed by atoms with Gasteiger partial charge in [-0.15, -0.1) is 0 Å². The van der Waals surface area contributed by atoms with E-state index >= 15 is 0 Å². The fourth-order valence-corrected chi connectivity index (χ4v) is 1.65. The molecular weight excluding hydrogens is 177 g/mol. The Bertz CT molecular complexity index is 296. The van der Waals surface area contributed by atoms with Gasteiger partial charge in [0.1, 0.15) is 5.82 Å².